The molecule has 0 spiro atoms. The quantitative estimate of drug-likeness (QED) is 0.898. The van der Waals surface area contributed by atoms with Gasteiger partial charge in [0, 0.05) is 6.54 Å². The van der Waals surface area contributed by atoms with E-state index >= 15 is 0 Å². The third-order valence-electron chi connectivity index (χ3n) is 3.53. The molecule has 0 bridgehead atoms. The summed E-state index contributed by atoms with van der Waals surface area (Å²) in [5.41, 5.74) is -0.0166. The molecule has 1 saturated heterocycles. The summed E-state index contributed by atoms with van der Waals surface area (Å²) in [4.78, 5) is 11.9. The van der Waals surface area contributed by atoms with Crippen molar-refractivity contribution in [3.63, 3.8) is 0 Å². The van der Waals surface area contributed by atoms with Gasteiger partial charge in [-0.2, -0.15) is 13.2 Å². The topological polar surface area (TPSA) is 41.1 Å². The van der Waals surface area contributed by atoms with Gasteiger partial charge in [0.25, 0.3) is 0 Å². The van der Waals surface area contributed by atoms with Crippen LogP contribution in [0.4, 0.5) is 13.2 Å². The summed E-state index contributed by atoms with van der Waals surface area (Å²) in [5.74, 6) is -0.103. The van der Waals surface area contributed by atoms with Crippen LogP contribution in [-0.2, 0) is 11.0 Å². The number of carbonyl (C=O) groups excluding carboxylic acids is 1. The number of benzene rings is 1. The number of nitrogens with one attached hydrogen (secondary N) is 2. The molecule has 1 aliphatic rings. The average molecular weight is 323 g/mol. The molecular weight excluding hydrogens is 305 g/mol. The first-order chi connectivity index (χ1) is 9.38. The number of amides is 1. The minimum absolute atomic E-state index is 0. The summed E-state index contributed by atoms with van der Waals surface area (Å²) in [6.45, 7) is 3.25. The second-order valence-corrected chi connectivity index (χ2v) is 5.04. The standard InChI is InChI=1S/C14H17F3N2O.ClH/c1-9(19-13(20)11-6-7-18-8-11)10-2-4-12(5-3-10)14(15,16)17;/h2-5,9,11,18H,6-8H2,1H3,(H,19,20);1H. The van der Waals surface area contributed by atoms with E-state index in [9.17, 15) is 18.0 Å². The maximum absolute atomic E-state index is 12.5. The number of hydrogen-bond acceptors (Lipinski definition) is 2. The Hall–Kier alpha value is -1.27. The fraction of sp³-hybridized carbons (Fsp3) is 0.500. The van der Waals surface area contributed by atoms with Crippen LogP contribution in [-0.4, -0.2) is 19.0 Å². The van der Waals surface area contributed by atoms with E-state index in [1.165, 1.54) is 12.1 Å². The van der Waals surface area contributed by atoms with E-state index in [0.29, 0.717) is 12.1 Å². The molecule has 3 nitrogen and oxygen atoms in total. The smallest absolute Gasteiger partial charge is 0.349 e. The Kier molecular flexibility index (Phi) is 6.04. The van der Waals surface area contributed by atoms with E-state index in [2.05, 4.69) is 10.6 Å². The predicted octanol–water partition coefficient (Wildman–Crippen LogP) is 2.91. The van der Waals surface area contributed by atoms with E-state index in [-0.39, 0.29) is 30.3 Å². The van der Waals surface area contributed by atoms with Crippen LogP contribution in [0, 0.1) is 5.92 Å². The summed E-state index contributed by atoms with van der Waals surface area (Å²) in [6.07, 6.45) is -3.54. The van der Waals surface area contributed by atoms with Gasteiger partial charge in [-0.15, -0.1) is 12.4 Å². The van der Waals surface area contributed by atoms with Crippen molar-refractivity contribution in [2.24, 2.45) is 5.92 Å². The molecule has 1 aromatic carbocycles. The zero-order chi connectivity index (χ0) is 14.8. The minimum Gasteiger partial charge on any atom is -0.349 e. The molecule has 0 aromatic heterocycles. The first kappa shape index (κ1) is 17.8. The van der Waals surface area contributed by atoms with Crippen LogP contribution in [0.15, 0.2) is 24.3 Å². The lowest BCUT2D eigenvalue weighted by Crippen LogP contribution is -2.33. The molecule has 1 fully saturated rings. The zero-order valence-corrected chi connectivity index (χ0v) is 12.4. The zero-order valence-electron chi connectivity index (χ0n) is 11.5. The molecule has 1 aromatic rings. The minimum atomic E-state index is -4.33. The number of hydrogen-bond donors (Lipinski definition) is 2. The highest BCUT2D eigenvalue weighted by Crippen LogP contribution is 2.29. The molecule has 7 heteroatoms. The third-order valence-corrected chi connectivity index (χ3v) is 3.53. The first-order valence-electron chi connectivity index (χ1n) is 6.56. The average Bonchev–Trinajstić information content (AvgIpc) is 2.91. The third kappa shape index (κ3) is 4.61. The van der Waals surface area contributed by atoms with Crippen LogP contribution >= 0.6 is 12.4 Å². The van der Waals surface area contributed by atoms with Crippen molar-refractivity contribution >= 4 is 18.3 Å². The summed E-state index contributed by atoms with van der Waals surface area (Å²) >= 11 is 0. The number of rotatable bonds is 3. The van der Waals surface area contributed by atoms with Crippen LogP contribution in [0.25, 0.3) is 0 Å². The number of halogens is 4. The second-order valence-electron chi connectivity index (χ2n) is 5.04. The Morgan fingerprint density at radius 2 is 1.95 bits per heavy atom. The van der Waals surface area contributed by atoms with Gasteiger partial charge >= 0.3 is 6.18 Å². The van der Waals surface area contributed by atoms with Gasteiger partial charge in [0.05, 0.1) is 17.5 Å². The van der Waals surface area contributed by atoms with Gasteiger partial charge in [-0.1, -0.05) is 12.1 Å². The maximum atomic E-state index is 12.5. The van der Waals surface area contributed by atoms with Crippen LogP contribution in [0.2, 0.25) is 0 Å². The van der Waals surface area contributed by atoms with E-state index in [4.69, 9.17) is 0 Å². The normalized spacial score (nSPS) is 19.7. The lowest BCUT2D eigenvalue weighted by molar-refractivity contribution is -0.137. The largest absolute Gasteiger partial charge is 0.416 e. The molecule has 2 N–H and O–H groups in total. The predicted molar refractivity (Wildman–Crippen MR) is 76.2 cm³/mol. The highest BCUT2D eigenvalue weighted by Gasteiger charge is 2.30. The molecular formula is C14H18ClF3N2O. The first-order valence-corrected chi connectivity index (χ1v) is 6.56. The van der Waals surface area contributed by atoms with Crippen LogP contribution in [0.5, 0.6) is 0 Å². The van der Waals surface area contributed by atoms with Gasteiger partial charge in [-0.25, -0.2) is 0 Å². The summed E-state index contributed by atoms with van der Waals surface area (Å²) < 4.78 is 37.4. The highest BCUT2D eigenvalue weighted by atomic mass is 35.5. The molecule has 2 atom stereocenters. The Morgan fingerprint density at radius 3 is 2.43 bits per heavy atom. The monoisotopic (exact) mass is 322 g/mol. The Balaban J connectivity index is 0.00000220. The fourth-order valence-electron chi connectivity index (χ4n) is 2.25. The van der Waals surface area contributed by atoms with Gasteiger partial charge in [-0.3, -0.25) is 4.79 Å². The van der Waals surface area contributed by atoms with Crippen molar-refractivity contribution in [2.45, 2.75) is 25.6 Å². The van der Waals surface area contributed by atoms with Gasteiger partial charge in [0.1, 0.15) is 0 Å². The SMILES string of the molecule is CC(NC(=O)C1CCNC1)c1ccc(C(F)(F)F)cc1.Cl. The van der Waals surface area contributed by atoms with Crippen molar-refractivity contribution in [1.82, 2.24) is 10.6 Å². The molecule has 1 amide bonds. The lowest BCUT2D eigenvalue weighted by Gasteiger charge is -2.17. The molecule has 2 rings (SSSR count). The summed E-state index contributed by atoms with van der Waals surface area (Å²) in [5, 5.41) is 5.94. The summed E-state index contributed by atoms with van der Waals surface area (Å²) in [6, 6.07) is 4.58. The van der Waals surface area contributed by atoms with Crippen LogP contribution in [0.3, 0.4) is 0 Å². The Morgan fingerprint density at radius 1 is 1.33 bits per heavy atom. The van der Waals surface area contributed by atoms with E-state index in [0.717, 1.165) is 25.1 Å². The number of alkyl halides is 3. The van der Waals surface area contributed by atoms with E-state index in [1.54, 1.807) is 6.92 Å². The van der Waals surface area contributed by atoms with Gasteiger partial charge < -0.3 is 10.6 Å². The maximum Gasteiger partial charge on any atom is 0.416 e. The Bertz CT molecular complexity index is 470. The van der Waals surface area contributed by atoms with Crippen molar-refractivity contribution in [3.8, 4) is 0 Å². The molecule has 0 radical (unpaired) electrons. The molecule has 118 valence electrons. The van der Waals surface area contributed by atoms with Crippen molar-refractivity contribution in [2.75, 3.05) is 13.1 Å². The van der Waals surface area contributed by atoms with Crippen molar-refractivity contribution in [1.29, 1.82) is 0 Å². The molecule has 0 saturated carbocycles. The molecule has 2 unspecified atom stereocenters. The second kappa shape index (κ2) is 7.13. The Labute approximate surface area is 127 Å². The highest BCUT2D eigenvalue weighted by molar-refractivity contribution is 5.85. The van der Waals surface area contributed by atoms with E-state index < -0.39 is 11.7 Å². The molecule has 1 aliphatic heterocycles. The molecule has 21 heavy (non-hydrogen) atoms. The van der Waals surface area contributed by atoms with Crippen molar-refractivity contribution < 1.29 is 18.0 Å². The molecule has 1 heterocycles. The van der Waals surface area contributed by atoms with Gasteiger partial charge in [-0.05, 0) is 37.6 Å². The lowest BCUT2D eigenvalue weighted by atomic mass is 10.0. The van der Waals surface area contributed by atoms with Gasteiger partial charge in [0.2, 0.25) is 5.91 Å². The molecule has 0 aliphatic carbocycles. The van der Waals surface area contributed by atoms with Gasteiger partial charge in [0.15, 0.2) is 0 Å². The van der Waals surface area contributed by atoms with E-state index in [1.807, 2.05) is 0 Å². The van der Waals surface area contributed by atoms with Crippen LogP contribution < -0.4 is 10.6 Å². The van der Waals surface area contributed by atoms with Crippen molar-refractivity contribution in [3.05, 3.63) is 35.4 Å². The number of carbonyl (C=O) groups is 1. The fourth-order valence-corrected chi connectivity index (χ4v) is 2.25. The summed E-state index contributed by atoms with van der Waals surface area (Å²) in [7, 11) is 0. The van der Waals surface area contributed by atoms with Crippen LogP contribution in [0.1, 0.15) is 30.5 Å².